The average Bonchev–Trinajstić information content (AvgIpc) is 3.35. The normalized spacial score (nSPS) is 52.7. The fourth-order valence-corrected chi connectivity index (χ4v) is 9.60. The summed E-state index contributed by atoms with van der Waals surface area (Å²) in [4.78, 5) is 0. The molecule has 0 aromatic rings. The van der Waals surface area contributed by atoms with E-state index in [1.165, 1.54) is 37.7 Å². The van der Waals surface area contributed by atoms with Crippen LogP contribution in [-0.4, -0.2) is 0 Å². The second-order valence-electron chi connectivity index (χ2n) is 12.4. The maximum Gasteiger partial charge on any atom is 0 e. The molecule has 0 heteroatoms. The highest BCUT2D eigenvalue weighted by atomic mass is 14.7. The Kier molecular flexibility index (Phi) is 3.86. The average molecular weight is 357 g/mol. The summed E-state index contributed by atoms with van der Waals surface area (Å²) in [6.07, 6.45) is 16.8. The molecule has 26 heavy (non-hydrogen) atoms. The maximum atomic E-state index is 4.41. The Hall–Kier alpha value is -0.260. The van der Waals surface area contributed by atoms with Gasteiger partial charge >= 0.3 is 0 Å². The molecular weight excluding hydrogens is 312 g/mol. The largest absolute Gasteiger partial charge is 0.0998 e. The number of allylic oxidation sites excluding steroid dienone is 1. The summed E-state index contributed by atoms with van der Waals surface area (Å²) in [7, 11) is 0. The third-order valence-corrected chi connectivity index (χ3v) is 10.7. The van der Waals surface area contributed by atoms with Gasteiger partial charge in [-0.25, -0.2) is 0 Å². The molecule has 0 amide bonds. The van der Waals surface area contributed by atoms with E-state index < -0.39 is 0 Å². The topological polar surface area (TPSA) is 0 Å². The highest BCUT2D eigenvalue weighted by Gasteiger charge is 2.65. The van der Waals surface area contributed by atoms with Crippen molar-refractivity contribution in [3.05, 3.63) is 12.2 Å². The van der Waals surface area contributed by atoms with Gasteiger partial charge in [-0.1, -0.05) is 32.9 Å². The van der Waals surface area contributed by atoms with Gasteiger partial charge < -0.3 is 0 Å². The smallest absolute Gasteiger partial charge is 0 e. The summed E-state index contributed by atoms with van der Waals surface area (Å²) in [5.74, 6) is 6.12. The molecule has 5 fully saturated rings. The Labute approximate surface area is 164 Å². The monoisotopic (exact) mass is 356 g/mol. The highest BCUT2D eigenvalue weighted by Crippen LogP contribution is 2.73. The van der Waals surface area contributed by atoms with Crippen molar-refractivity contribution in [1.29, 1.82) is 0 Å². The SMILES string of the molecule is C=C(C)[C@H]1CC[C@H]2[C@@H]3CC[C@@H]4CC(C)(C)CC[C@]4(C4CC4)C3CC[C@]12C.[HH]. The third kappa shape index (κ3) is 2.32. The predicted octanol–water partition coefficient (Wildman–Crippen LogP) is 7.88. The quantitative estimate of drug-likeness (QED) is 0.441. The van der Waals surface area contributed by atoms with Crippen LogP contribution in [0.4, 0.5) is 0 Å². The van der Waals surface area contributed by atoms with E-state index in [1.807, 2.05) is 0 Å². The first-order valence-corrected chi connectivity index (χ1v) is 11.9. The Morgan fingerprint density at radius 3 is 2.23 bits per heavy atom. The zero-order valence-corrected chi connectivity index (χ0v) is 17.9. The second kappa shape index (κ2) is 5.64. The summed E-state index contributed by atoms with van der Waals surface area (Å²) in [6, 6.07) is 0. The van der Waals surface area contributed by atoms with Crippen LogP contribution in [0.25, 0.3) is 0 Å². The minimum absolute atomic E-state index is 0. The van der Waals surface area contributed by atoms with Crippen LogP contribution in [-0.2, 0) is 0 Å². The molecule has 5 aliphatic rings. The Morgan fingerprint density at radius 2 is 1.54 bits per heavy atom. The molecule has 1 unspecified atom stereocenters. The molecule has 7 atom stereocenters. The molecule has 0 bridgehead atoms. The first-order chi connectivity index (χ1) is 12.3. The summed E-state index contributed by atoms with van der Waals surface area (Å²) in [5.41, 5.74) is 3.44. The van der Waals surface area contributed by atoms with Crippen LogP contribution in [0, 0.1) is 51.8 Å². The summed E-state index contributed by atoms with van der Waals surface area (Å²) in [6.45, 7) is 14.5. The van der Waals surface area contributed by atoms with Gasteiger partial charge in [0.2, 0.25) is 0 Å². The lowest BCUT2D eigenvalue weighted by Crippen LogP contribution is -2.56. The van der Waals surface area contributed by atoms with Crippen LogP contribution in [0.2, 0.25) is 0 Å². The molecule has 0 aromatic carbocycles. The van der Waals surface area contributed by atoms with Crippen molar-refractivity contribution < 1.29 is 1.43 Å². The molecule has 0 heterocycles. The van der Waals surface area contributed by atoms with E-state index in [1.54, 1.807) is 38.5 Å². The van der Waals surface area contributed by atoms with E-state index in [9.17, 15) is 0 Å². The van der Waals surface area contributed by atoms with Gasteiger partial charge in [-0.3, -0.25) is 0 Å². The van der Waals surface area contributed by atoms with Crippen molar-refractivity contribution in [3.8, 4) is 0 Å². The lowest BCUT2D eigenvalue weighted by molar-refractivity contribution is -0.145. The number of hydrogen-bond donors (Lipinski definition) is 0. The summed E-state index contributed by atoms with van der Waals surface area (Å²) < 4.78 is 0. The Balaban J connectivity index is 0.00000180. The molecule has 0 spiro atoms. The molecule has 0 radical (unpaired) electrons. The van der Waals surface area contributed by atoms with Crippen LogP contribution in [0.5, 0.6) is 0 Å². The van der Waals surface area contributed by atoms with Crippen molar-refractivity contribution >= 4 is 0 Å². The van der Waals surface area contributed by atoms with Gasteiger partial charge in [0.25, 0.3) is 0 Å². The van der Waals surface area contributed by atoms with Crippen LogP contribution in [0.15, 0.2) is 12.2 Å². The van der Waals surface area contributed by atoms with Gasteiger partial charge in [-0.05, 0) is 129 Å². The van der Waals surface area contributed by atoms with Crippen molar-refractivity contribution in [2.24, 2.45) is 51.8 Å². The molecular formula is C26H44. The zero-order valence-electron chi connectivity index (χ0n) is 17.9. The molecule has 0 N–H and O–H groups in total. The van der Waals surface area contributed by atoms with E-state index in [4.69, 9.17) is 0 Å². The van der Waals surface area contributed by atoms with Crippen molar-refractivity contribution in [3.63, 3.8) is 0 Å². The zero-order chi connectivity index (χ0) is 18.3. The van der Waals surface area contributed by atoms with Gasteiger partial charge in [-0.15, -0.1) is 0 Å². The highest BCUT2D eigenvalue weighted by molar-refractivity contribution is 5.17. The van der Waals surface area contributed by atoms with E-state index >= 15 is 0 Å². The molecule has 0 saturated heterocycles. The van der Waals surface area contributed by atoms with Crippen LogP contribution < -0.4 is 0 Å². The second-order valence-corrected chi connectivity index (χ2v) is 12.4. The maximum absolute atomic E-state index is 4.41. The van der Waals surface area contributed by atoms with Gasteiger partial charge in [0.05, 0.1) is 0 Å². The van der Waals surface area contributed by atoms with Gasteiger partial charge in [0, 0.05) is 1.43 Å². The lowest BCUT2D eigenvalue weighted by atomic mass is 9.41. The lowest BCUT2D eigenvalue weighted by Gasteiger charge is -2.64. The molecule has 5 rings (SSSR count). The van der Waals surface area contributed by atoms with Crippen molar-refractivity contribution in [2.45, 2.75) is 98.3 Å². The van der Waals surface area contributed by atoms with Gasteiger partial charge in [-0.2, -0.15) is 0 Å². The fourth-order valence-electron chi connectivity index (χ4n) is 9.60. The summed E-state index contributed by atoms with van der Waals surface area (Å²) in [5, 5.41) is 0. The van der Waals surface area contributed by atoms with E-state index in [0.717, 1.165) is 40.9 Å². The first-order valence-electron chi connectivity index (χ1n) is 11.9. The molecule has 0 aliphatic heterocycles. The Morgan fingerprint density at radius 1 is 0.808 bits per heavy atom. The van der Waals surface area contributed by atoms with E-state index in [2.05, 4.69) is 34.3 Å². The first kappa shape index (κ1) is 17.8. The van der Waals surface area contributed by atoms with E-state index in [0.29, 0.717) is 10.8 Å². The summed E-state index contributed by atoms with van der Waals surface area (Å²) >= 11 is 0. The number of rotatable bonds is 2. The van der Waals surface area contributed by atoms with Crippen LogP contribution in [0.3, 0.4) is 0 Å². The molecule has 5 aliphatic carbocycles. The van der Waals surface area contributed by atoms with Crippen LogP contribution >= 0.6 is 0 Å². The Bertz CT molecular complexity index is 601. The molecule has 5 saturated carbocycles. The van der Waals surface area contributed by atoms with Crippen molar-refractivity contribution in [1.82, 2.24) is 0 Å². The minimum Gasteiger partial charge on any atom is -0.0998 e. The van der Waals surface area contributed by atoms with Gasteiger partial charge in [0.15, 0.2) is 0 Å². The third-order valence-electron chi connectivity index (χ3n) is 10.7. The predicted molar refractivity (Wildman–Crippen MR) is 113 cm³/mol. The minimum atomic E-state index is 0. The number of fused-ring (bicyclic) bond motifs is 5. The molecule has 148 valence electrons. The molecule has 0 aromatic heterocycles. The fraction of sp³-hybridized carbons (Fsp3) is 0.923. The van der Waals surface area contributed by atoms with Crippen molar-refractivity contribution in [2.75, 3.05) is 0 Å². The number of hydrogen-bond acceptors (Lipinski definition) is 0. The van der Waals surface area contributed by atoms with Gasteiger partial charge in [0.1, 0.15) is 0 Å². The molecule has 0 nitrogen and oxygen atoms in total. The van der Waals surface area contributed by atoms with Crippen LogP contribution in [0.1, 0.15) is 99.8 Å². The van der Waals surface area contributed by atoms with E-state index in [-0.39, 0.29) is 1.43 Å². The standard InChI is InChI=1S/C26H42.H2/c1-17(2)21-10-11-22-20-9-8-19-16-24(3,4)14-15-26(19,18-6-7-18)23(20)12-13-25(21,22)5;/h18-23H,1,6-16H2,2-5H3;1H/t19-,20+,21-,22+,23?,25-,26-;/m1./s1.